The third kappa shape index (κ3) is 4.85. The predicted octanol–water partition coefficient (Wildman–Crippen LogP) is 3.50. The quantitative estimate of drug-likeness (QED) is 0.586. The third-order valence-electron chi connectivity index (χ3n) is 6.42. The van der Waals surface area contributed by atoms with E-state index in [0.29, 0.717) is 12.1 Å². The van der Waals surface area contributed by atoms with Crippen molar-refractivity contribution in [1.82, 2.24) is 10.2 Å². The topological polar surface area (TPSA) is 73.8 Å². The van der Waals surface area contributed by atoms with E-state index in [1.807, 2.05) is 0 Å². The minimum atomic E-state index is -1.27. The molecule has 2 atom stereocenters. The van der Waals surface area contributed by atoms with Crippen molar-refractivity contribution in [2.24, 2.45) is 0 Å². The van der Waals surface area contributed by atoms with Gasteiger partial charge in [0.05, 0.1) is 36.1 Å². The Labute approximate surface area is 190 Å². The summed E-state index contributed by atoms with van der Waals surface area (Å²) in [5.74, 6) is -3.66. The van der Waals surface area contributed by atoms with Gasteiger partial charge in [0.15, 0.2) is 11.6 Å². The summed E-state index contributed by atoms with van der Waals surface area (Å²) in [4.78, 5) is 14.4. The molecule has 2 aromatic carbocycles. The van der Waals surface area contributed by atoms with Gasteiger partial charge in [-0.1, -0.05) is 6.07 Å². The van der Waals surface area contributed by atoms with E-state index in [4.69, 9.17) is 4.74 Å². The number of amides is 1. The number of nitrogens with zero attached hydrogens (tertiary/aromatic N) is 1. The van der Waals surface area contributed by atoms with Gasteiger partial charge < -0.3 is 25.4 Å². The zero-order valence-corrected chi connectivity index (χ0v) is 18.6. The summed E-state index contributed by atoms with van der Waals surface area (Å²) in [5, 5.41) is 16.6. The molecule has 2 fully saturated rings. The average Bonchev–Trinajstić information content (AvgIpc) is 3.22. The lowest BCUT2D eigenvalue weighted by Gasteiger charge is -2.47. The lowest BCUT2D eigenvalue weighted by molar-refractivity contribution is -0.0815. The average molecular weight is 464 g/mol. The maximum Gasteiger partial charge on any atom is 0.256 e. The highest BCUT2D eigenvalue weighted by atomic mass is 19.2. The Kier molecular flexibility index (Phi) is 6.65. The van der Waals surface area contributed by atoms with Gasteiger partial charge in [0, 0.05) is 19.7 Å². The van der Waals surface area contributed by atoms with Crippen molar-refractivity contribution >= 4 is 17.3 Å². The van der Waals surface area contributed by atoms with Crippen molar-refractivity contribution in [3.63, 3.8) is 0 Å². The number of hydrogen-bond acceptors (Lipinski definition) is 5. The van der Waals surface area contributed by atoms with Gasteiger partial charge in [0.25, 0.3) is 5.91 Å². The molecule has 1 saturated heterocycles. The number of aryl methyl sites for hydroxylation is 1. The van der Waals surface area contributed by atoms with Crippen LogP contribution in [0, 0.1) is 24.4 Å². The van der Waals surface area contributed by atoms with E-state index >= 15 is 0 Å². The van der Waals surface area contributed by atoms with Crippen molar-refractivity contribution in [3.8, 4) is 0 Å². The van der Waals surface area contributed by atoms with E-state index < -0.39 is 34.6 Å². The molecular formula is C24H28F3N3O3. The minimum absolute atomic E-state index is 0.0422. The fourth-order valence-electron chi connectivity index (χ4n) is 4.56. The lowest BCUT2D eigenvalue weighted by Crippen LogP contribution is -2.68. The Bertz CT molecular complexity index is 1040. The first kappa shape index (κ1) is 23.5. The standard InChI is InChI=1S/C24H28F3N3O3/c1-14-6-9-18(17(26)10-14)29-22-15(7-8-16(25)21(22)27)23(31)30-12-24(32,13-30)11-28-19-4-3-5-20(19)33-2/h6-10,19-20,28-29,32H,3-5,11-13H2,1-2H3/t19?,20-/m0/s1. The number of rotatable bonds is 7. The number of β-amino-alcohol motifs (C(OH)–C–C–N with tert-alkyl or cyclic N) is 1. The van der Waals surface area contributed by atoms with Gasteiger partial charge in [-0.25, -0.2) is 13.2 Å². The Balaban J connectivity index is 1.46. The summed E-state index contributed by atoms with van der Waals surface area (Å²) < 4.78 is 48.3. The van der Waals surface area contributed by atoms with Gasteiger partial charge in [0.1, 0.15) is 11.4 Å². The van der Waals surface area contributed by atoms with Gasteiger partial charge in [0.2, 0.25) is 0 Å². The van der Waals surface area contributed by atoms with Crippen LogP contribution in [0.4, 0.5) is 24.5 Å². The zero-order chi connectivity index (χ0) is 23.8. The number of nitrogens with one attached hydrogen (secondary N) is 2. The van der Waals surface area contributed by atoms with Crippen molar-refractivity contribution in [3.05, 3.63) is 58.9 Å². The summed E-state index contributed by atoms with van der Waals surface area (Å²) in [7, 11) is 1.67. The molecule has 0 bridgehead atoms. The molecule has 0 spiro atoms. The minimum Gasteiger partial charge on any atom is -0.385 e. The molecule has 0 radical (unpaired) electrons. The second-order valence-corrected chi connectivity index (χ2v) is 8.97. The molecule has 0 aromatic heterocycles. The predicted molar refractivity (Wildman–Crippen MR) is 118 cm³/mol. The number of ether oxygens (including phenoxy) is 1. The van der Waals surface area contributed by atoms with Gasteiger partial charge in [-0.15, -0.1) is 0 Å². The lowest BCUT2D eigenvalue weighted by atomic mass is 9.92. The van der Waals surface area contributed by atoms with Crippen LogP contribution >= 0.6 is 0 Å². The Morgan fingerprint density at radius 1 is 1.18 bits per heavy atom. The van der Waals surface area contributed by atoms with Crippen LogP contribution in [0.15, 0.2) is 30.3 Å². The molecule has 1 amide bonds. The number of hydrogen-bond donors (Lipinski definition) is 3. The SMILES string of the molecule is CO[C@H]1CCCC1NCC1(O)CN(C(=O)c2ccc(F)c(F)c2Nc2ccc(C)cc2F)C1. The highest BCUT2D eigenvalue weighted by Crippen LogP contribution is 2.32. The van der Waals surface area contributed by atoms with Crippen LogP contribution in [0.25, 0.3) is 0 Å². The largest absolute Gasteiger partial charge is 0.385 e. The molecule has 6 nitrogen and oxygen atoms in total. The number of aliphatic hydroxyl groups is 1. The van der Waals surface area contributed by atoms with Gasteiger partial charge >= 0.3 is 0 Å². The maximum absolute atomic E-state index is 14.6. The van der Waals surface area contributed by atoms with Gasteiger partial charge in [-0.05, 0) is 56.0 Å². The van der Waals surface area contributed by atoms with Crippen LogP contribution in [-0.2, 0) is 4.74 Å². The Hall–Kier alpha value is -2.62. The molecular weight excluding hydrogens is 435 g/mol. The van der Waals surface area contributed by atoms with Crippen LogP contribution in [-0.4, -0.2) is 60.4 Å². The first-order chi connectivity index (χ1) is 15.7. The molecule has 4 rings (SSSR count). The van der Waals surface area contributed by atoms with Gasteiger partial charge in [-0.3, -0.25) is 4.79 Å². The molecule has 9 heteroatoms. The van der Waals surface area contributed by atoms with E-state index in [-0.39, 0.29) is 36.5 Å². The van der Waals surface area contributed by atoms with Crippen molar-refractivity contribution in [2.75, 3.05) is 32.1 Å². The Morgan fingerprint density at radius 3 is 2.64 bits per heavy atom. The maximum atomic E-state index is 14.6. The molecule has 3 N–H and O–H groups in total. The zero-order valence-electron chi connectivity index (χ0n) is 18.6. The number of anilines is 2. The molecule has 2 aliphatic rings. The summed E-state index contributed by atoms with van der Waals surface area (Å²) >= 11 is 0. The molecule has 1 aliphatic heterocycles. The normalized spacial score (nSPS) is 21.7. The van der Waals surface area contributed by atoms with Gasteiger partial charge in [-0.2, -0.15) is 0 Å². The molecule has 1 unspecified atom stereocenters. The van der Waals surface area contributed by atoms with Crippen molar-refractivity contribution < 1.29 is 27.8 Å². The molecule has 1 saturated carbocycles. The van der Waals surface area contributed by atoms with E-state index in [9.17, 15) is 23.1 Å². The van der Waals surface area contributed by atoms with E-state index in [1.54, 1.807) is 20.1 Å². The number of carbonyl (C=O) groups excluding carboxylic acids is 1. The molecule has 1 heterocycles. The van der Waals surface area contributed by atoms with Crippen molar-refractivity contribution in [2.45, 2.75) is 43.9 Å². The van der Waals surface area contributed by atoms with E-state index in [2.05, 4.69) is 10.6 Å². The van der Waals surface area contributed by atoms with E-state index in [1.165, 1.54) is 17.0 Å². The summed E-state index contributed by atoms with van der Waals surface area (Å²) in [5.41, 5.74) is -1.11. The number of carbonyl (C=O) groups is 1. The molecule has 178 valence electrons. The van der Waals surface area contributed by atoms with Crippen LogP contribution in [0.2, 0.25) is 0 Å². The first-order valence-corrected chi connectivity index (χ1v) is 11.0. The monoisotopic (exact) mass is 463 g/mol. The van der Waals surface area contributed by atoms with Crippen LogP contribution < -0.4 is 10.6 Å². The Morgan fingerprint density at radius 2 is 1.94 bits per heavy atom. The third-order valence-corrected chi connectivity index (χ3v) is 6.42. The fraction of sp³-hybridized carbons (Fsp3) is 0.458. The van der Waals surface area contributed by atoms with Crippen molar-refractivity contribution in [1.29, 1.82) is 0 Å². The molecule has 33 heavy (non-hydrogen) atoms. The van der Waals surface area contributed by atoms with Crippen LogP contribution in [0.3, 0.4) is 0 Å². The first-order valence-electron chi connectivity index (χ1n) is 11.0. The number of benzene rings is 2. The number of halogens is 3. The highest BCUT2D eigenvalue weighted by molar-refractivity contribution is 6.01. The smallest absolute Gasteiger partial charge is 0.256 e. The molecule has 2 aromatic rings. The van der Waals surface area contributed by atoms with Crippen LogP contribution in [0.1, 0.15) is 35.2 Å². The second kappa shape index (κ2) is 9.32. The highest BCUT2D eigenvalue weighted by Gasteiger charge is 2.45. The summed E-state index contributed by atoms with van der Waals surface area (Å²) in [6.07, 6.45) is 3.07. The van der Waals surface area contributed by atoms with E-state index in [0.717, 1.165) is 31.4 Å². The summed E-state index contributed by atoms with van der Waals surface area (Å²) in [6.45, 7) is 2.08. The van der Waals surface area contributed by atoms with Crippen LogP contribution in [0.5, 0.6) is 0 Å². The number of methoxy groups -OCH3 is 1. The summed E-state index contributed by atoms with van der Waals surface area (Å²) in [6, 6.07) is 6.43. The fourth-order valence-corrected chi connectivity index (χ4v) is 4.56. The molecule has 1 aliphatic carbocycles. The second-order valence-electron chi connectivity index (χ2n) is 8.97. The number of likely N-dealkylation sites (tertiary alicyclic amines) is 1.